The average Bonchev–Trinajstić information content (AvgIpc) is 2.97. The lowest BCUT2D eigenvalue weighted by Crippen LogP contribution is -3.14. The van der Waals surface area contributed by atoms with Gasteiger partial charge in [-0.2, -0.15) is 5.01 Å². The molecule has 2 heterocycles. The standard InChI is InChI=1S/C23H32N4O3/c1-17-7-11-23(12-8-17)21(29)27(22(30)24-23)25-20(28)16-26-13-9-19(10-14-26)15-18-5-3-2-4-6-18/h2-6,17,19H,7-16H2,1H3,(H,24,30)(H,25,28)/p+1. The Morgan fingerprint density at radius 3 is 2.47 bits per heavy atom. The Hall–Kier alpha value is -2.41. The van der Waals surface area contributed by atoms with Crippen LogP contribution in [0.2, 0.25) is 0 Å². The number of hydrogen-bond acceptors (Lipinski definition) is 3. The summed E-state index contributed by atoms with van der Waals surface area (Å²) < 4.78 is 0. The van der Waals surface area contributed by atoms with E-state index in [2.05, 4.69) is 41.9 Å². The van der Waals surface area contributed by atoms with Crippen LogP contribution in [0, 0.1) is 11.8 Å². The smallest absolute Gasteiger partial charge is 0.327 e. The van der Waals surface area contributed by atoms with E-state index in [4.69, 9.17) is 0 Å². The molecule has 4 amide bonds. The number of likely N-dealkylation sites (tertiary alicyclic amines) is 1. The Labute approximate surface area is 178 Å². The van der Waals surface area contributed by atoms with Crippen LogP contribution < -0.4 is 15.6 Å². The lowest BCUT2D eigenvalue weighted by atomic mass is 9.77. The number of hydrazine groups is 1. The molecular weight excluding hydrogens is 380 g/mol. The van der Waals surface area contributed by atoms with Gasteiger partial charge in [0.05, 0.1) is 13.1 Å². The number of quaternary nitrogens is 1. The van der Waals surface area contributed by atoms with E-state index in [1.807, 2.05) is 6.07 Å². The second-order valence-corrected chi connectivity index (χ2v) is 9.43. The van der Waals surface area contributed by atoms with Crippen LogP contribution in [0.15, 0.2) is 30.3 Å². The Morgan fingerprint density at radius 1 is 1.13 bits per heavy atom. The minimum absolute atomic E-state index is 0.267. The molecule has 1 aliphatic carbocycles. The highest BCUT2D eigenvalue weighted by atomic mass is 16.2. The molecular formula is C23H33N4O3+. The molecule has 0 radical (unpaired) electrons. The van der Waals surface area contributed by atoms with E-state index in [0.29, 0.717) is 31.2 Å². The van der Waals surface area contributed by atoms with Crippen LogP contribution in [0.1, 0.15) is 51.0 Å². The predicted octanol–water partition coefficient (Wildman–Crippen LogP) is 1.06. The van der Waals surface area contributed by atoms with E-state index in [9.17, 15) is 14.4 Å². The second-order valence-electron chi connectivity index (χ2n) is 9.43. The minimum atomic E-state index is -0.820. The van der Waals surface area contributed by atoms with Crippen LogP contribution in [0.4, 0.5) is 4.79 Å². The van der Waals surface area contributed by atoms with Crippen molar-refractivity contribution >= 4 is 17.8 Å². The lowest BCUT2D eigenvalue weighted by molar-refractivity contribution is -0.898. The molecule has 2 saturated heterocycles. The zero-order valence-electron chi connectivity index (χ0n) is 17.8. The molecule has 7 heteroatoms. The van der Waals surface area contributed by atoms with Crippen molar-refractivity contribution < 1.29 is 19.3 Å². The molecule has 4 rings (SSSR count). The molecule has 1 aromatic carbocycles. The van der Waals surface area contributed by atoms with Crippen LogP contribution in [-0.4, -0.2) is 48.0 Å². The van der Waals surface area contributed by atoms with Gasteiger partial charge in [-0.25, -0.2) is 4.79 Å². The van der Waals surface area contributed by atoms with Gasteiger partial charge >= 0.3 is 6.03 Å². The van der Waals surface area contributed by atoms with Crippen LogP contribution in [0.25, 0.3) is 0 Å². The van der Waals surface area contributed by atoms with Crippen LogP contribution in [0.5, 0.6) is 0 Å². The molecule has 0 atom stereocenters. The van der Waals surface area contributed by atoms with Crippen molar-refractivity contribution in [3.8, 4) is 0 Å². The molecule has 7 nitrogen and oxygen atoms in total. The van der Waals surface area contributed by atoms with Gasteiger partial charge in [0, 0.05) is 0 Å². The summed E-state index contributed by atoms with van der Waals surface area (Å²) >= 11 is 0. The molecule has 1 aromatic rings. The maximum absolute atomic E-state index is 12.9. The maximum atomic E-state index is 12.9. The first-order valence-corrected chi connectivity index (χ1v) is 11.3. The number of carbonyl (C=O) groups is 3. The van der Waals surface area contributed by atoms with E-state index in [1.165, 1.54) is 10.5 Å². The zero-order chi connectivity index (χ0) is 21.1. The highest BCUT2D eigenvalue weighted by molar-refractivity contribution is 6.08. The first kappa shape index (κ1) is 20.8. The van der Waals surface area contributed by atoms with E-state index < -0.39 is 11.6 Å². The number of urea groups is 1. The summed E-state index contributed by atoms with van der Waals surface area (Å²) in [7, 11) is 0. The zero-order valence-corrected chi connectivity index (χ0v) is 17.8. The first-order chi connectivity index (χ1) is 14.4. The van der Waals surface area contributed by atoms with Gasteiger partial charge in [-0.3, -0.25) is 15.0 Å². The number of hydrogen-bond donors (Lipinski definition) is 3. The first-order valence-electron chi connectivity index (χ1n) is 11.3. The predicted molar refractivity (Wildman–Crippen MR) is 112 cm³/mol. The van der Waals surface area contributed by atoms with Gasteiger partial charge in [0.25, 0.3) is 11.8 Å². The molecule has 3 aliphatic rings. The van der Waals surface area contributed by atoms with Gasteiger partial charge in [0.15, 0.2) is 6.54 Å². The summed E-state index contributed by atoms with van der Waals surface area (Å²) in [5.74, 6) is 0.650. The largest absolute Gasteiger partial charge is 0.344 e. The third kappa shape index (κ3) is 4.51. The number of nitrogens with one attached hydrogen (secondary N) is 3. The minimum Gasteiger partial charge on any atom is -0.327 e. The number of rotatable bonds is 5. The monoisotopic (exact) mass is 413 g/mol. The number of amides is 4. The van der Waals surface area contributed by atoms with Crippen molar-refractivity contribution in [3.63, 3.8) is 0 Å². The van der Waals surface area contributed by atoms with Crippen LogP contribution >= 0.6 is 0 Å². The van der Waals surface area contributed by atoms with E-state index in [0.717, 1.165) is 50.2 Å². The van der Waals surface area contributed by atoms with Crippen molar-refractivity contribution in [2.45, 2.75) is 57.4 Å². The fourth-order valence-corrected chi connectivity index (χ4v) is 5.12. The van der Waals surface area contributed by atoms with Gasteiger partial charge in [-0.15, -0.1) is 0 Å². The van der Waals surface area contributed by atoms with Crippen LogP contribution in [-0.2, 0) is 16.0 Å². The average molecular weight is 414 g/mol. The van der Waals surface area contributed by atoms with Crippen LogP contribution in [0.3, 0.4) is 0 Å². The normalized spacial score (nSPS) is 31.6. The molecule has 3 fully saturated rings. The topological polar surface area (TPSA) is 83.0 Å². The van der Waals surface area contributed by atoms with Gasteiger partial charge in [-0.1, -0.05) is 37.3 Å². The third-order valence-corrected chi connectivity index (χ3v) is 7.12. The van der Waals surface area contributed by atoms with Crippen molar-refractivity contribution in [1.82, 2.24) is 15.8 Å². The Morgan fingerprint density at radius 2 is 1.80 bits per heavy atom. The molecule has 0 aromatic heterocycles. The molecule has 2 aliphatic heterocycles. The summed E-state index contributed by atoms with van der Waals surface area (Å²) in [4.78, 5) is 39.0. The number of piperidine rings is 1. The lowest BCUT2D eigenvalue weighted by Gasteiger charge is -2.33. The number of imide groups is 1. The molecule has 1 saturated carbocycles. The van der Waals surface area contributed by atoms with Crippen molar-refractivity contribution in [1.29, 1.82) is 0 Å². The maximum Gasteiger partial charge on any atom is 0.344 e. The summed E-state index contributed by atoms with van der Waals surface area (Å²) in [6.45, 7) is 4.33. The summed E-state index contributed by atoms with van der Waals surface area (Å²) in [6, 6.07) is 10.0. The van der Waals surface area contributed by atoms with Gasteiger partial charge in [0.2, 0.25) is 0 Å². The molecule has 162 valence electrons. The van der Waals surface area contributed by atoms with E-state index in [1.54, 1.807) is 0 Å². The van der Waals surface area contributed by atoms with E-state index in [-0.39, 0.29) is 11.8 Å². The summed E-state index contributed by atoms with van der Waals surface area (Å²) in [5.41, 5.74) is 3.12. The summed E-state index contributed by atoms with van der Waals surface area (Å²) in [6.07, 6.45) is 6.37. The molecule has 1 spiro atoms. The van der Waals surface area contributed by atoms with E-state index >= 15 is 0 Å². The summed E-state index contributed by atoms with van der Waals surface area (Å²) in [5, 5.41) is 3.76. The Bertz CT molecular complexity index is 781. The number of benzene rings is 1. The highest BCUT2D eigenvalue weighted by Gasteiger charge is 2.53. The second kappa shape index (κ2) is 8.76. The fourth-order valence-electron chi connectivity index (χ4n) is 5.12. The number of nitrogens with zero attached hydrogens (tertiary/aromatic N) is 1. The van der Waals surface area contributed by atoms with Crippen molar-refractivity contribution in [3.05, 3.63) is 35.9 Å². The quantitative estimate of drug-likeness (QED) is 0.631. The third-order valence-electron chi connectivity index (χ3n) is 7.12. The molecule has 0 bridgehead atoms. The van der Waals surface area contributed by atoms with Gasteiger partial charge in [0.1, 0.15) is 5.54 Å². The fraction of sp³-hybridized carbons (Fsp3) is 0.609. The SMILES string of the molecule is CC1CCC2(CC1)NC(=O)N(NC(=O)C[NH+]1CCC(Cc3ccccc3)CC1)C2=O. The molecule has 3 N–H and O–H groups in total. The van der Waals surface area contributed by atoms with Gasteiger partial charge in [-0.05, 0) is 62.3 Å². The Kier molecular flexibility index (Phi) is 6.09. The van der Waals surface area contributed by atoms with Gasteiger partial charge < -0.3 is 10.2 Å². The number of carbonyl (C=O) groups excluding carboxylic acids is 3. The van der Waals surface area contributed by atoms with Crippen molar-refractivity contribution in [2.24, 2.45) is 11.8 Å². The molecule has 0 unspecified atom stereocenters. The van der Waals surface area contributed by atoms with Crippen molar-refractivity contribution in [2.75, 3.05) is 19.6 Å². The Balaban J connectivity index is 1.24. The highest BCUT2D eigenvalue weighted by Crippen LogP contribution is 2.35. The molecule has 30 heavy (non-hydrogen) atoms.